The van der Waals surface area contributed by atoms with Gasteiger partial charge in [0.25, 0.3) is 0 Å². The summed E-state index contributed by atoms with van der Waals surface area (Å²) in [5, 5.41) is 3.08. The number of piperidine rings is 1. The van der Waals surface area contributed by atoms with Crippen molar-refractivity contribution in [1.29, 1.82) is 0 Å². The molecule has 4 nitrogen and oxygen atoms in total. The Balaban J connectivity index is 2.51. The number of hydrogen-bond donors (Lipinski definition) is 2. The van der Waals surface area contributed by atoms with Crippen LogP contribution in [0.2, 0.25) is 0 Å². The van der Waals surface area contributed by atoms with E-state index >= 15 is 0 Å². The SMILES string of the molecule is CCC1CCCN(CC(=O)NC(C)C(C)C)C1CN. The van der Waals surface area contributed by atoms with Crippen molar-refractivity contribution in [3.05, 3.63) is 0 Å². The van der Waals surface area contributed by atoms with E-state index in [-0.39, 0.29) is 11.9 Å². The van der Waals surface area contributed by atoms with Gasteiger partial charge in [0, 0.05) is 18.6 Å². The zero-order valence-corrected chi connectivity index (χ0v) is 13.0. The van der Waals surface area contributed by atoms with E-state index in [0.717, 1.165) is 13.0 Å². The average molecular weight is 269 g/mol. The van der Waals surface area contributed by atoms with Crippen molar-refractivity contribution in [2.45, 2.75) is 59.0 Å². The number of hydrogen-bond acceptors (Lipinski definition) is 3. The van der Waals surface area contributed by atoms with Crippen molar-refractivity contribution >= 4 is 5.91 Å². The third-order valence-corrected chi connectivity index (χ3v) is 4.53. The molecule has 0 radical (unpaired) electrons. The highest BCUT2D eigenvalue weighted by molar-refractivity contribution is 5.78. The lowest BCUT2D eigenvalue weighted by Crippen LogP contribution is -2.53. The minimum absolute atomic E-state index is 0.136. The van der Waals surface area contributed by atoms with E-state index in [1.807, 2.05) is 0 Å². The van der Waals surface area contributed by atoms with Crippen LogP contribution < -0.4 is 11.1 Å². The molecule has 0 aromatic heterocycles. The highest BCUT2D eigenvalue weighted by Gasteiger charge is 2.30. The number of carbonyl (C=O) groups excluding carboxylic acids is 1. The van der Waals surface area contributed by atoms with Gasteiger partial charge in [-0.2, -0.15) is 0 Å². The summed E-state index contributed by atoms with van der Waals surface area (Å²) in [7, 11) is 0. The molecule has 1 heterocycles. The Labute approximate surface area is 118 Å². The molecule has 4 heteroatoms. The Bertz CT molecular complexity index is 281. The topological polar surface area (TPSA) is 58.4 Å². The maximum atomic E-state index is 12.1. The zero-order chi connectivity index (χ0) is 14.4. The molecule has 1 aliphatic rings. The first-order valence-electron chi connectivity index (χ1n) is 7.73. The van der Waals surface area contributed by atoms with Crippen LogP contribution in [0.5, 0.6) is 0 Å². The number of likely N-dealkylation sites (tertiary alicyclic amines) is 1. The second-order valence-electron chi connectivity index (χ2n) is 6.18. The lowest BCUT2D eigenvalue weighted by molar-refractivity contribution is -0.124. The van der Waals surface area contributed by atoms with E-state index < -0.39 is 0 Å². The average Bonchev–Trinajstić information content (AvgIpc) is 2.37. The summed E-state index contributed by atoms with van der Waals surface area (Å²) in [5.41, 5.74) is 5.91. The predicted octanol–water partition coefficient (Wildman–Crippen LogP) is 1.60. The van der Waals surface area contributed by atoms with E-state index in [9.17, 15) is 4.79 Å². The number of nitrogens with two attached hydrogens (primary N) is 1. The number of nitrogens with zero attached hydrogens (tertiary/aromatic N) is 1. The maximum absolute atomic E-state index is 12.1. The third kappa shape index (κ3) is 4.77. The first-order valence-corrected chi connectivity index (χ1v) is 7.73. The van der Waals surface area contributed by atoms with Crippen LogP contribution in [0.3, 0.4) is 0 Å². The summed E-state index contributed by atoms with van der Waals surface area (Å²) < 4.78 is 0. The van der Waals surface area contributed by atoms with Gasteiger partial charge in [-0.05, 0) is 38.1 Å². The Morgan fingerprint density at radius 1 is 1.42 bits per heavy atom. The van der Waals surface area contributed by atoms with Gasteiger partial charge in [-0.1, -0.05) is 27.2 Å². The predicted molar refractivity (Wildman–Crippen MR) is 79.9 cm³/mol. The Hall–Kier alpha value is -0.610. The molecule has 0 bridgehead atoms. The van der Waals surface area contributed by atoms with Crippen molar-refractivity contribution in [3.63, 3.8) is 0 Å². The minimum atomic E-state index is 0.136. The summed E-state index contributed by atoms with van der Waals surface area (Å²) in [6.45, 7) is 10.7. The van der Waals surface area contributed by atoms with Gasteiger partial charge >= 0.3 is 0 Å². The standard InChI is InChI=1S/C15H31N3O/c1-5-13-7-6-8-18(14(13)9-16)10-15(19)17-12(4)11(2)3/h11-14H,5-10,16H2,1-4H3,(H,17,19). The highest BCUT2D eigenvalue weighted by atomic mass is 16.2. The van der Waals surface area contributed by atoms with Gasteiger partial charge in [0.15, 0.2) is 0 Å². The fourth-order valence-electron chi connectivity index (χ4n) is 2.88. The van der Waals surface area contributed by atoms with Crippen LogP contribution in [0.4, 0.5) is 0 Å². The molecular weight excluding hydrogens is 238 g/mol. The molecule has 0 aliphatic carbocycles. The molecule has 3 unspecified atom stereocenters. The molecule has 112 valence electrons. The van der Waals surface area contributed by atoms with Crippen molar-refractivity contribution in [1.82, 2.24) is 10.2 Å². The Kier molecular flexibility index (Phi) is 6.80. The second kappa shape index (κ2) is 7.85. The summed E-state index contributed by atoms with van der Waals surface area (Å²) in [6, 6.07) is 0.606. The third-order valence-electron chi connectivity index (χ3n) is 4.53. The smallest absolute Gasteiger partial charge is 0.234 e. The number of nitrogens with one attached hydrogen (secondary N) is 1. The van der Waals surface area contributed by atoms with Crippen LogP contribution in [-0.4, -0.2) is 42.5 Å². The molecule has 1 fully saturated rings. The summed E-state index contributed by atoms with van der Waals surface area (Å²) in [6.07, 6.45) is 3.59. The van der Waals surface area contributed by atoms with Crippen molar-refractivity contribution in [3.8, 4) is 0 Å². The van der Waals surface area contributed by atoms with Crippen LogP contribution in [-0.2, 0) is 4.79 Å². The van der Waals surface area contributed by atoms with Crippen LogP contribution in [0, 0.1) is 11.8 Å². The molecule has 3 atom stereocenters. The van der Waals surface area contributed by atoms with Gasteiger partial charge in [-0.3, -0.25) is 9.69 Å². The van der Waals surface area contributed by atoms with Crippen LogP contribution in [0.25, 0.3) is 0 Å². The Morgan fingerprint density at radius 3 is 2.63 bits per heavy atom. The van der Waals surface area contributed by atoms with E-state index in [4.69, 9.17) is 5.73 Å². The number of carbonyl (C=O) groups is 1. The molecular formula is C15H31N3O. The van der Waals surface area contributed by atoms with E-state index in [1.54, 1.807) is 0 Å². The van der Waals surface area contributed by atoms with Crippen molar-refractivity contribution in [2.75, 3.05) is 19.6 Å². The molecule has 1 aliphatic heterocycles. The highest BCUT2D eigenvalue weighted by Crippen LogP contribution is 2.25. The zero-order valence-electron chi connectivity index (χ0n) is 13.0. The van der Waals surface area contributed by atoms with E-state index in [2.05, 4.69) is 37.9 Å². The quantitative estimate of drug-likeness (QED) is 0.770. The van der Waals surface area contributed by atoms with Gasteiger partial charge in [0.1, 0.15) is 0 Å². The largest absolute Gasteiger partial charge is 0.352 e. The van der Waals surface area contributed by atoms with Crippen LogP contribution in [0.15, 0.2) is 0 Å². The second-order valence-corrected chi connectivity index (χ2v) is 6.18. The van der Waals surface area contributed by atoms with Gasteiger partial charge in [0.05, 0.1) is 6.54 Å². The summed E-state index contributed by atoms with van der Waals surface area (Å²) in [4.78, 5) is 14.4. The van der Waals surface area contributed by atoms with Gasteiger partial charge in [0.2, 0.25) is 5.91 Å². The lowest BCUT2D eigenvalue weighted by atomic mass is 9.87. The van der Waals surface area contributed by atoms with E-state index in [1.165, 1.54) is 12.8 Å². The molecule has 0 spiro atoms. The fourth-order valence-corrected chi connectivity index (χ4v) is 2.88. The van der Waals surface area contributed by atoms with Gasteiger partial charge in [-0.15, -0.1) is 0 Å². The van der Waals surface area contributed by atoms with Crippen molar-refractivity contribution in [2.24, 2.45) is 17.6 Å². The minimum Gasteiger partial charge on any atom is -0.352 e. The Morgan fingerprint density at radius 2 is 2.11 bits per heavy atom. The molecule has 3 N–H and O–H groups in total. The molecule has 19 heavy (non-hydrogen) atoms. The normalized spacial score (nSPS) is 26.4. The molecule has 1 saturated heterocycles. The van der Waals surface area contributed by atoms with Crippen LogP contribution in [0.1, 0.15) is 47.0 Å². The van der Waals surface area contributed by atoms with E-state index in [0.29, 0.717) is 31.0 Å². The summed E-state index contributed by atoms with van der Waals surface area (Å²) >= 11 is 0. The van der Waals surface area contributed by atoms with Crippen LogP contribution >= 0.6 is 0 Å². The monoisotopic (exact) mass is 269 g/mol. The fraction of sp³-hybridized carbons (Fsp3) is 0.933. The molecule has 1 amide bonds. The first-order chi connectivity index (χ1) is 8.99. The number of rotatable bonds is 6. The molecule has 0 aromatic carbocycles. The molecule has 0 saturated carbocycles. The van der Waals surface area contributed by atoms with Gasteiger partial charge in [-0.25, -0.2) is 0 Å². The maximum Gasteiger partial charge on any atom is 0.234 e. The summed E-state index contributed by atoms with van der Waals surface area (Å²) in [5.74, 6) is 1.25. The molecule has 0 aromatic rings. The van der Waals surface area contributed by atoms with Gasteiger partial charge < -0.3 is 11.1 Å². The first kappa shape index (κ1) is 16.4. The van der Waals surface area contributed by atoms with Crippen molar-refractivity contribution < 1.29 is 4.79 Å². The molecule has 1 rings (SSSR count). The lowest BCUT2D eigenvalue weighted by Gasteiger charge is -2.40. The number of amides is 1.